The van der Waals surface area contributed by atoms with Crippen LogP contribution in [-0.2, 0) is 0 Å². The highest BCUT2D eigenvalue weighted by Crippen LogP contribution is 2.21. The number of carbonyl (C=O) groups excluding carboxylic acids is 1. The summed E-state index contributed by atoms with van der Waals surface area (Å²) in [6, 6.07) is 13.4. The lowest BCUT2D eigenvalue weighted by Gasteiger charge is -2.23. The molecule has 0 fully saturated rings. The molecule has 0 saturated carbocycles. The Labute approximate surface area is 126 Å². The first-order valence-corrected chi connectivity index (χ1v) is 7.27. The third-order valence-corrected chi connectivity index (χ3v) is 3.52. The summed E-state index contributed by atoms with van der Waals surface area (Å²) in [6.45, 7) is 6.74. The van der Waals surface area contributed by atoms with Crippen molar-refractivity contribution in [3.63, 3.8) is 0 Å². The zero-order chi connectivity index (χ0) is 15.4. The summed E-state index contributed by atoms with van der Waals surface area (Å²) in [7, 11) is 0. The average Bonchev–Trinajstić information content (AvgIpc) is 2.48. The lowest BCUT2D eigenvalue weighted by atomic mass is 10.0. The molecule has 0 radical (unpaired) electrons. The van der Waals surface area contributed by atoms with Crippen molar-refractivity contribution < 1.29 is 4.79 Å². The molecule has 110 valence electrons. The van der Waals surface area contributed by atoms with E-state index >= 15 is 0 Å². The van der Waals surface area contributed by atoms with E-state index in [1.807, 2.05) is 61.2 Å². The van der Waals surface area contributed by atoms with Gasteiger partial charge in [0.15, 0.2) is 0 Å². The van der Waals surface area contributed by atoms with Crippen LogP contribution in [0.2, 0.25) is 0 Å². The number of nitrogens with two attached hydrogens (primary N) is 1. The van der Waals surface area contributed by atoms with Gasteiger partial charge in [-0.05, 0) is 56.2 Å². The first kappa shape index (κ1) is 15.1. The van der Waals surface area contributed by atoms with Crippen LogP contribution in [-0.4, -0.2) is 12.5 Å². The predicted molar refractivity (Wildman–Crippen MR) is 88.7 cm³/mol. The molecule has 0 atom stereocenters. The van der Waals surface area contributed by atoms with E-state index in [1.165, 1.54) is 0 Å². The number of benzene rings is 2. The van der Waals surface area contributed by atoms with Crippen molar-refractivity contribution >= 4 is 17.3 Å². The SMILES string of the molecule is CCCN(C(=O)c1cc(C)ccc1C)c1ccc(N)cc1. The Kier molecular flexibility index (Phi) is 4.63. The first-order valence-electron chi connectivity index (χ1n) is 7.27. The van der Waals surface area contributed by atoms with Crippen molar-refractivity contribution in [1.82, 2.24) is 0 Å². The number of hydrogen-bond donors (Lipinski definition) is 1. The molecule has 0 aliphatic rings. The molecule has 3 heteroatoms. The van der Waals surface area contributed by atoms with Crippen molar-refractivity contribution in [1.29, 1.82) is 0 Å². The van der Waals surface area contributed by atoms with Crippen LogP contribution in [0.25, 0.3) is 0 Å². The number of rotatable bonds is 4. The molecule has 2 N–H and O–H groups in total. The van der Waals surface area contributed by atoms with E-state index in [2.05, 4.69) is 6.92 Å². The van der Waals surface area contributed by atoms with Crippen LogP contribution in [0.15, 0.2) is 42.5 Å². The van der Waals surface area contributed by atoms with Crippen LogP contribution in [0.4, 0.5) is 11.4 Å². The van der Waals surface area contributed by atoms with Crippen molar-refractivity contribution in [2.75, 3.05) is 17.2 Å². The minimum atomic E-state index is 0.0443. The lowest BCUT2D eigenvalue weighted by Crippen LogP contribution is -2.32. The summed E-state index contributed by atoms with van der Waals surface area (Å²) in [4.78, 5) is 14.7. The minimum Gasteiger partial charge on any atom is -0.399 e. The standard InChI is InChI=1S/C18H22N2O/c1-4-11-20(16-9-7-15(19)8-10-16)18(21)17-12-13(2)5-6-14(17)3/h5-10,12H,4,11,19H2,1-3H3. The van der Waals surface area contributed by atoms with Gasteiger partial charge in [0, 0.05) is 23.5 Å². The quantitative estimate of drug-likeness (QED) is 0.863. The molecular weight excluding hydrogens is 260 g/mol. The third kappa shape index (κ3) is 3.43. The maximum Gasteiger partial charge on any atom is 0.258 e. The predicted octanol–water partition coefficient (Wildman–Crippen LogP) is 3.94. The topological polar surface area (TPSA) is 46.3 Å². The molecule has 1 amide bonds. The second-order valence-electron chi connectivity index (χ2n) is 5.37. The maximum atomic E-state index is 12.9. The Bertz CT molecular complexity index is 632. The molecule has 0 heterocycles. The van der Waals surface area contributed by atoms with E-state index in [4.69, 9.17) is 5.73 Å². The fraction of sp³-hybridized carbons (Fsp3) is 0.278. The lowest BCUT2D eigenvalue weighted by molar-refractivity contribution is 0.0986. The van der Waals surface area contributed by atoms with Crippen molar-refractivity contribution in [2.24, 2.45) is 0 Å². The zero-order valence-electron chi connectivity index (χ0n) is 12.9. The molecule has 0 aliphatic carbocycles. The summed E-state index contributed by atoms with van der Waals surface area (Å²) in [5.41, 5.74) is 10.2. The fourth-order valence-electron chi connectivity index (χ4n) is 2.34. The van der Waals surface area contributed by atoms with Crippen LogP contribution in [0, 0.1) is 13.8 Å². The maximum absolute atomic E-state index is 12.9. The van der Waals surface area contributed by atoms with Crippen LogP contribution < -0.4 is 10.6 Å². The van der Waals surface area contributed by atoms with Crippen LogP contribution >= 0.6 is 0 Å². The van der Waals surface area contributed by atoms with Gasteiger partial charge >= 0.3 is 0 Å². The fourth-order valence-corrected chi connectivity index (χ4v) is 2.34. The average molecular weight is 282 g/mol. The summed E-state index contributed by atoms with van der Waals surface area (Å²) < 4.78 is 0. The molecule has 0 unspecified atom stereocenters. The molecule has 0 saturated heterocycles. The Morgan fingerprint density at radius 3 is 2.38 bits per heavy atom. The van der Waals surface area contributed by atoms with Gasteiger partial charge in [0.25, 0.3) is 5.91 Å². The number of hydrogen-bond acceptors (Lipinski definition) is 2. The van der Waals surface area contributed by atoms with Gasteiger partial charge in [-0.3, -0.25) is 4.79 Å². The van der Waals surface area contributed by atoms with E-state index in [0.29, 0.717) is 12.2 Å². The van der Waals surface area contributed by atoms with E-state index in [1.54, 1.807) is 0 Å². The molecule has 2 aromatic carbocycles. The Balaban J connectivity index is 2.39. The normalized spacial score (nSPS) is 10.4. The molecule has 3 nitrogen and oxygen atoms in total. The largest absolute Gasteiger partial charge is 0.399 e. The molecule has 2 aromatic rings. The van der Waals surface area contributed by atoms with Crippen molar-refractivity contribution in [2.45, 2.75) is 27.2 Å². The number of anilines is 2. The van der Waals surface area contributed by atoms with Gasteiger partial charge in [-0.15, -0.1) is 0 Å². The van der Waals surface area contributed by atoms with Crippen molar-refractivity contribution in [3.8, 4) is 0 Å². The summed E-state index contributed by atoms with van der Waals surface area (Å²) in [5, 5.41) is 0. The molecule has 0 bridgehead atoms. The van der Waals surface area contributed by atoms with Crippen molar-refractivity contribution in [3.05, 3.63) is 59.2 Å². The van der Waals surface area contributed by atoms with Crippen LogP contribution in [0.1, 0.15) is 34.8 Å². The highest BCUT2D eigenvalue weighted by atomic mass is 16.2. The Hall–Kier alpha value is -2.29. The highest BCUT2D eigenvalue weighted by molar-refractivity contribution is 6.07. The smallest absolute Gasteiger partial charge is 0.258 e. The second kappa shape index (κ2) is 6.44. The van der Waals surface area contributed by atoms with E-state index in [0.717, 1.165) is 28.8 Å². The molecule has 0 aliphatic heterocycles. The van der Waals surface area contributed by atoms with Gasteiger partial charge < -0.3 is 10.6 Å². The van der Waals surface area contributed by atoms with Gasteiger partial charge in [-0.1, -0.05) is 24.6 Å². The monoisotopic (exact) mass is 282 g/mol. The van der Waals surface area contributed by atoms with Gasteiger partial charge in [0.1, 0.15) is 0 Å². The Morgan fingerprint density at radius 1 is 1.10 bits per heavy atom. The third-order valence-electron chi connectivity index (χ3n) is 3.52. The number of aryl methyl sites for hydroxylation is 2. The molecule has 21 heavy (non-hydrogen) atoms. The highest BCUT2D eigenvalue weighted by Gasteiger charge is 2.18. The first-order chi connectivity index (χ1) is 10.0. The van der Waals surface area contributed by atoms with E-state index in [-0.39, 0.29) is 5.91 Å². The number of carbonyl (C=O) groups is 1. The van der Waals surface area contributed by atoms with Gasteiger partial charge in [-0.25, -0.2) is 0 Å². The Morgan fingerprint density at radius 2 is 1.76 bits per heavy atom. The molecule has 0 spiro atoms. The van der Waals surface area contributed by atoms with Crippen LogP contribution in [0.5, 0.6) is 0 Å². The van der Waals surface area contributed by atoms with Crippen LogP contribution in [0.3, 0.4) is 0 Å². The number of nitrogen functional groups attached to an aromatic ring is 1. The minimum absolute atomic E-state index is 0.0443. The summed E-state index contributed by atoms with van der Waals surface area (Å²) >= 11 is 0. The van der Waals surface area contributed by atoms with Gasteiger partial charge in [0.05, 0.1) is 0 Å². The second-order valence-corrected chi connectivity index (χ2v) is 5.37. The number of nitrogens with zero attached hydrogens (tertiary/aromatic N) is 1. The van der Waals surface area contributed by atoms with Gasteiger partial charge in [0.2, 0.25) is 0 Å². The van der Waals surface area contributed by atoms with Gasteiger partial charge in [-0.2, -0.15) is 0 Å². The van der Waals surface area contributed by atoms with E-state index in [9.17, 15) is 4.79 Å². The number of amides is 1. The zero-order valence-corrected chi connectivity index (χ0v) is 12.9. The molecule has 2 rings (SSSR count). The van der Waals surface area contributed by atoms with E-state index < -0.39 is 0 Å². The molecular formula is C18H22N2O. The summed E-state index contributed by atoms with van der Waals surface area (Å²) in [5.74, 6) is 0.0443. The summed E-state index contributed by atoms with van der Waals surface area (Å²) in [6.07, 6.45) is 0.904. The molecule has 0 aromatic heterocycles.